The van der Waals surface area contributed by atoms with Gasteiger partial charge in [-0.05, 0) is 68.0 Å². The van der Waals surface area contributed by atoms with Gasteiger partial charge < -0.3 is 15.0 Å². The lowest BCUT2D eigenvalue weighted by Gasteiger charge is -2.38. The second kappa shape index (κ2) is 11.8. The number of hydrogen-bond donors (Lipinski definition) is 1. The molecule has 5 rings (SSSR count). The number of benzene rings is 3. The minimum atomic E-state index is -3.65. The van der Waals surface area contributed by atoms with E-state index in [2.05, 4.69) is 5.32 Å². The van der Waals surface area contributed by atoms with E-state index < -0.39 is 16.1 Å². The zero-order chi connectivity index (χ0) is 28.3. The maximum Gasteiger partial charge on any atom is 0.262 e. The molecule has 9 heteroatoms. The topological polar surface area (TPSA) is 96.0 Å². The van der Waals surface area contributed by atoms with E-state index in [0.29, 0.717) is 47.7 Å². The van der Waals surface area contributed by atoms with E-state index in [9.17, 15) is 18.0 Å². The number of fused-ring (bicyclic) bond motifs is 1. The second-order valence-electron chi connectivity index (χ2n) is 10.5. The Hall–Kier alpha value is -3.69. The lowest BCUT2D eigenvalue weighted by Crippen LogP contribution is -2.53. The molecule has 2 aliphatic rings. The number of ether oxygens (including phenoxy) is 1. The fraction of sp³-hybridized carbons (Fsp3) is 0.355. The molecule has 40 heavy (non-hydrogen) atoms. The molecule has 0 aliphatic carbocycles. The molecule has 0 bridgehead atoms. The molecule has 1 saturated heterocycles. The summed E-state index contributed by atoms with van der Waals surface area (Å²) >= 11 is 0. The summed E-state index contributed by atoms with van der Waals surface area (Å²) in [6.45, 7) is 4.77. The first-order chi connectivity index (χ1) is 19.2. The molecule has 2 aliphatic heterocycles. The van der Waals surface area contributed by atoms with Crippen LogP contribution in [0.4, 0.5) is 5.69 Å². The van der Waals surface area contributed by atoms with Crippen LogP contribution in [0.5, 0.6) is 5.75 Å². The molecule has 8 nitrogen and oxygen atoms in total. The fourth-order valence-corrected chi connectivity index (χ4v) is 7.14. The zero-order valence-corrected chi connectivity index (χ0v) is 23.7. The summed E-state index contributed by atoms with van der Waals surface area (Å²) in [7, 11) is -3.65. The number of rotatable bonds is 7. The van der Waals surface area contributed by atoms with Gasteiger partial charge >= 0.3 is 0 Å². The number of hydrogen-bond acceptors (Lipinski definition) is 5. The number of anilines is 1. The third-order valence-corrected chi connectivity index (χ3v) is 9.69. The van der Waals surface area contributed by atoms with Crippen molar-refractivity contribution in [2.45, 2.75) is 44.1 Å². The molecule has 0 aromatic heterocycles. The van der Waals surface area contributed by atoms with Crippen molar-refractivity contribution in [3.63, 3.8) is 0 Å². The van der Waals surface area contributed by atoms with Gasteiger partial charge in [-0.25, -0.2) is 8.42 Å². The Morgan fingerprint density at radius 1 is 0.950 bits per heavy atom. The van der Waals surface area contributed by atoms with Gasteiger partial charge in [-0.15, -0.1) is 0 Å². The van der Waals surface area contributed by atoms with E-state index in [4.69, 9.17) is 4.74 Å². The van der Waals surface area contributed by atoms with Gasteiger partial charge in [-0.1, -0.05) is 54.6 Å². The standard InChI is InChI=1S/C31H35N3O5S/c1-22-12-13-23(2)29(20-22)40(37,38)33-18-15-25(16-19-33)31(36)34-21-28(39-27-11-7-6-10-26(27)34)30(35)32-17-14-24-8-4-3-5-9-24/h3-13,20,25,28H,14-19,21H2,1-2H3,(H,32,35)/t28-/m1/s1. The summed E-state index contributed by atoms with van der Waals surface area (Å²) in [5, 5.41) is 2.94. The van der Waals surface area contributed by atoms with E-state index in [0.717, 1.165) is 11.1 Å². The summed E-state index contributed by atoms with van der Waals surface area (Å²) in [5.74, 6) is -0.238. The maximum atomic E-state index is 13.8. The number of piperidine rings is 1. The maximum absolute atomic E-state index is 13.8. The molecule has 1 N–H and O–H groups in total. The number of sulfonamides is 1. The van der Waals surface area contributed by atoms with Crippen LogP contribution in [-0.2, 0) is 26.0 Å². The molecule has 0 spiro atoms. The number of nitrogens with one attached hydrogen (secondary N) is 1. The van der Waals surface area contributed by atoms with Crippen molar-refractivity contribution in [2.75, 3.05) is 31.1 Å². The van der Waals surface area contributed by atoms with Crippen molar-refractivity contribution >= 4 is 27.5 Å². The monoisotopic (exact) mass is 561 g/mol. The molecule has 1 atom stereocenters. The number of para-hydroxylation sites is 2. The first-order valence-electron chi connectivity index (χ1n) is 13.7. The van der Waals surface area contributed by atoms with E-state index in [1.165, 1.54) is 4.31 Å². The number of aryl methyl sites for hydroxylation is 2. The van der Waals surface area contributed by atoms with Gasteiger partial charge in [0.15, 0.2) is 6.10 Å². The van der Waals surface area contributed by atoms with Gasteiger partial charge in [0.05, 0.1) is 17.1 Å². The van der Waals surface area contributed by atoms with Crippen molar-refractivity contribution in [3.8, 4) is 5.75 Å². The Morgan fingerprint density at radius 3 is 2.40 bits per heavy atom. The van der Waals surface area contributed by atoms with Gasteiger partial charge in [0.25, 0.3) is 5.91 Å². The summed E-state index contributed by atoms with van der Waals surface area (Å²) < 4.78 is 34.2. The highest BCUT2D eigenvalue weighted by molar-refractivity contribution is 7.89. The molecular formula is C31H35N3O5S. The normalized spacial score (nSPS) is 18.1. The van der Waals surface area contributed by atoms with Crippen molar-refractivity contribution in [3.05, 3.63) is 89.5 Å². The Morgan fingerprint density at radius 2 is 1.65 bits per heavy atom. The molecule has 0 saturated carbocycles. The number of carbonyl (C=O) groups is 2. The Balaban J connectivity index is 1.25. The Kier molecular flexibility index (Phi) is 8.23. The van der Waals surface area contributed by atoms with Gasteiger partial charge in [-0.2, -0.15) is 4.31 Å². The lowest BCUT2D eigenvalue weighted by molar-refractivity contribution is -0.129. The van der Waals surface area contributed by atoms with Crippen LogP contribution in [0, 0.1) is 19.8 Å². The number of carbonyl (C=O) groups excluding carboxylic acids is 2. The van der Waals surface area contributed by atoms with E-state index in [1.54, 1.807) is 24.0 Å². The third kappa shape index (κ3) is 5.90. The molecule has 0 unspecified atom stereocenters. The highest BCUT2D eigenvalue weighted by Gasteiger charge is 2.39. The lowest BCUT2D eigenvalue weighted by atomic mass is 9.95. The van der Waals surface area contributed by atoms with Crippen LogP contribution < -0.4 is 15.0 Å². The average Bonchev–Trinajstić information content (AvgIpc) is 2.98. The first-order valence-corrected chi connectivity index (χ1v) is 15.1. The summed E-state index contributed by atoms with van der Waals surface area (Å²) in [6.07, 6.45) is 0.689. The molecule has 3 aromatic rings. The second-order valence-corrected chi connectivity index (χ2v) is 12.4. The molecule has 2 amide bonds. The number of nitrogens with zero attached hydrogens (tertiary/aromatic N) is 2. The van der Waals surface area contributed by atoms with E-state index in [-0.39, 0.29) is 37.4 Å². The summed E-state index contributed by atoms with van der Waals surface area (Å²) in [4.78, 5) is 28.8. The SMILES string of the molecule is Cc1ccc(C)c(S(=O)(=O)N2CCC(C(=O)N3C[C@H](C(=O)NCCc4ccccc4)Oc4ccccc43)CC2)c1. The molecule has 2 heterocycles. The molecule has 210 valence electrons. The van der Waals surface area contributed by atoms with Crippen LogP contribution in [0.25, 0.3) is 0 Å². The van der Waals surface area contributed by atoms with Crippen molar-refractivity contribution in [2.24, 2.45) is 5.92 Å². The minimum Gasteiger partial charge on any atom is -0.477 e. The predicted molar refractivity (Wildman–Crippen MR) is 154 cm³/mol. The van der Waals surface area contributed by atoms with Gasteiger partial charge in [0.2, 0.25) is 15.9 Å². The van der Waals surface area contributed by atoms with Crippen LogP contribution in [0.3, 0.4) is 0 Å². The van der Waals surface area contributed by atoms with Crippen LogP contribution in [0.15, 0.2) is 77.7 Å². The highest BCUT2D eigenvalue weighted by atomic mass is 32.2. The van der Waals surface area contributed by atoms with Crippen molar-refractivity contribution < 1.29 is 22.7 Å². The van der Waals surface area contributed by atoms with Crippen molar-refractivity contribution in [1.82, 2.24) is 9.62 Å². The van der Waals surface area contributed by atoms with E-state index in [1.807, 2.05) is 67.6 Å². The minimum absolute atomic E-state index is 0.105. The Bertz CT molecular complexity index is 1480. The molecular weight excluding hydrogens is 526 g/mol. The van der Waals surface area contributed by atoms with Gasteiger partial charge in [0, 0.05) is 25.6 Å². The van der Waals surface area contributed by atoms with Gasteiger partial charge in [-0.3, -0.25) is 9.59 Å². The quantitative estimate of drug-likeness (QED) is 0.473. The van der Waals surface area contributed by atoms with Crippen LogP contribution >= 0.6 is 0 Å². The number of amides is 2. The first kappa shape index (κ1) is 27.9. The molecule has 0 radical (unpaired) electrons. The zero-order valence-electron chi connectivity index (χ0n) is 22.9. The Labute approximate surface area is 236 Å². The summed E-state index contributed by atoms with van der Waals surface area (Å²) in [5.41, 5.74) is 3.35. The van der Waals surface area contributed by atoms with Crippen LogP contribution in [0.1, 0.15) is 29.5 Å². The van der Waals surface area contributed by atoms with Crippen LogP contribution in [0.2, 0.25) is 0 Å². The van der Waals surface area contributed by atoms with Gasteiger partial charge in [0.1, 0.15) is 5.75 Å². The average molecular weight is 562 g/mol. The van der Waals surface area contributed by atoms with Crippen molar-refractivity contribution in [1.29, 1.82) is 0 Å². The largest absolute Gasteiger partial charge is 0.477 e. The smallest absolute Gasteiger partial charge is 0.262 e. The molecule has 1 fully saturated rings. The summed E-state index contributed by atoms with van der Waals surface area (Å²) in [6, 6.07) is 22.6. The highest BCUT2D eigenvalue weighted by Crippen LogP contribution is 2.36. The van der Waals surface area contributed by atoms with E-state index >= 15 is 0 Å². The third-order valence-electron chi connectivity index (χ3n) is 7.65. The predicted octanol–water partition coefficient (Wildman–Crippen LogP) is 3.86. The van der Waals surface area contributed by atoms with Crippen LogP contribution in [-0.4, -0.2) is 56.8 Å². The molecule has 3 aromatic carbocycles. The fourth-order valence-electron chi connectivity index (χ4n) is 5.36.